The van der Waals surface area contributed by atoms with E-state index in [-0.39, 0.29) is 31.1 Å². The first-order valence-electron chi connectivity index (χ1n) is 7.93. The van der Waals surface area contributed by atoms with Crippen LogP contribution in [0.1, 0.15) is 29.9 Å². The van der Waals surface area contributed by atoms with Crippen LogP contribution in [0.4, 0.5) is 0 Å². The van der Waals surface area contributed by atoms with E-state index in [9.17, 15) is 4.79 Å². The van der Waals surface area contributed by atoms with E-state index in [0.717, 1.165) is 22.7 Å². The third kappa shape index (κ3) is 4.62. The molecule has 0 saturated carbocycles. The Balaban J connectivity index is 0.00000225. The lowest BCUT2D eigenvalue weighted by Gasteiger charge is -2.18. The number of fused-ring (bicyclic) bond motifs is 1. The molecule has 2 aromatic rings. The third-order valence-electron chi connectivity index (χ3n) is 3.72. The van der Waals surface area contributed by atoms with Crippen molar-refractivity contribution in [1.29, 1.82) is 0 Å². The summed E-state index contributed by atoms with van der Waals surface area (Å²) in [5.41, 5.74) is 6.65. The number of carbonyl (C=O) groups excluding carboxylic acids is 1. The smallest absolute Gasteiger partial charge is 0.263 e. The lowest BCUT2D eigenvalue weighted by Crippen LogP contribution is -2.40. The molecule has 3 rings (SSSR count). The van der Waals surface area contributed by atoms with E-state index >= 15 is 0 Å². The molecule has 0 fully saturated rings. The van der Waals surface area contributed by atoms with Gasteiger partial charge in [-0.3, -0.25) is 4.79 Å². The molecule has 1 unspecified atom stereocenters. The molecule has 6 nitrogen and oxygen atoms in total. The van der Waals surface area contributed by atoms with Crippen LogP contribution in [0.25, 0.3) is 10.6 Å². The molecule has 1 atom stereocenters. The molecular formula is C17H22ClN3O3S. The molecule has 1 amide bonds. The lowest BCUT2D eigenvalue weighted by atomic mass is 10.0. The van der Waals surface area contributed by atoms with Gasteiger partial charge in [-0.2, -0.15) is 0 Å². The van der Waals surface area contributed by atoms with Crippen LogP contribution in [0.2, 0.25) is 0 Å². The molecule has 8 heteroatoms. The zero-order valence-electron chi connectivity index (χ0n) is 14.2. The molecule has 1 aliphatic rings. The maximum absolute atomic E-state index is 12.4. The van der Waals surface area contributed by atoms with Crippen molar-refractivity contribution < 1.29 is 14.3 Å². The number of amides is 1. The van der Waals surface area contributed by atoms with E-state index in [4.69, 9.17) is 15.2 Å². The fraction of sp³-hybridized carbons (Fsp3) is 0.412. The van der Waals surface area contributed by atoms with Gasteiger partial charge in [-0.15, -0.1) is 23.7 Å². The second kappa shape index (κ2) is 8.51. The van der Waals surface area contributed by atoms with Crippen LogP contribution in [0, 0.1) is 5.92 Å². The molecule has 25 heavy (non-hydrogen) atoms. The fourth-order valence-electron chi connectivity index (χ4n) is 2.58. The first-order valence-corrected chi connectivity index (χ1v) is 8.75. The van der Waals surface area contributed by atoms with Gasteiger partial charge >= 0.3 is 0 Å². The number of benzene rings is 1. The Morgan fingerprint density at radius 3 is 2.84 bits per heavy atom. The van der Waals surface area contributed by atoms with Crippen LogP contribution < -0.4 is 20.5 Å². The highest BCUT2D eigenvalue weighted by atomic mass is 35.5. The van der Waals surface area contributed by atoms with E-state index in [0.29, 0.717) is 23.1 Å². The summed E-state index contributed by atoms with van der Waals surface area (Å²) >= 11 is 1.35. The lowest BCUT2D eigenvalue weighted by molar-refractivity contribution is 0.0937. The zero-order chi connectivity index (χ0) is 17.1. The van der Waals surface area contributed by atoms with Gasteiger partial charge in [0.05, 0.1) is 6.20 Å². The van der Waals surface area contributed by atoms with Gasteiger partial charge in [0.2, 0.25) is 6.79 Å². The monoisotopic (exact) mass is 383 g/mol. The summed E-state index contributed by atoms with van der Waals surface area (Å²) < 4.78 is 10.7. The summed E-state index contributed by atoms with van der Waals surface area (Å²) in [6.45, 7) is 4.89. The number of hydrogen-bond acceptors (Lipinski definition) is 6. The van der Waals surface area contributed by atoms with Crippen molar-refractivity contribution >= 4 is 29.7 Å². The van der Waals surface area contributed by atoms with Gasteiger partial charge in [0, 0.05) is 18.2 Å². The maximum atomic E-state index is 12.4. The number of aromatic nitrogens is 1. The maximum Gasteiger partial charge on any atom is 0.263 e. The normalized spacial score (nSPS) is 13.4. The van der Waals surface area contributed by atoms with Crippen molar-refractivity contribution in [2.75, 3.05) is 13.3 Å². The molecule has 0 spiro atoms. The minimum absolute atomic E-state index is 0. The predicted octanol–water partition coefficient (Wildman–Crippen LogP) is 3.06. The third-order valence-corrected chi connectivity index (χ3v) is 4.77. The van der Waals surface area contributed by atoms with E-state index in [1.807, 2.05) is 18.2 Å². The van der Waals surface area contributed by atoms with Crippen molar-refractivity contribution in [3.05, 3.63) is 29.3 Å². The quantitative estimate of drug-likeness (QED) is 0.800. The van der Waals surface area contributed by atoms with Gasteiger partial charge < -0.3 is 20.5 Å². The molecule has 0 radical (unpaired) electrons. The number of ether oxygens (including phenoxy) is 2. The summed E-state index contributed by atoms with van der Waals surface area (Å²) in [5.74, 6) is 1.78. The number of hydrogen-bond donors (Lipinski definition) is 2. The molecule has 0 saturated heterocycles. The van der Waals surface area contributed by atoms with Crippen molar-refractivity contribution in [3.8, 4) is 22.1 Å². The first kappa shape index (κ1) is 19.5. The number of nitrogens with two attached hydrogens (primary N) is 1. The molecule has 3 N–H and O–H groups in total. The van der Waals surface area contributed by atoms with E-state index in [2.05, 4.69) is 24.1 Å². The van der Waals surface area contributed by atoms with Gasteiger partial charge in [-0.1, -0.05) is 13.8 Å². The Morgan fingerprint density at radius 2 is 2.12 bits per heavy atom. The average molecular weight is 384 g/mol. The molecule has 1 aromatic carbocycles. The van der Waals surface area contributed by atoms with Gasteiger partial charge in [0.1, 0.15) is 9.88 Å². The van der Waals surface area contributed by atoms with Gasteiger partial charge in [-0.05, 0) is 30.5 Å². The highest BCUT2D eigenvalue weighted by Gasteiger charge is 2.18. The van der Waals surface area contributed by atoms with E-state index in [1.54, 1.807) is 6.20 Å². The fourth-order valence-corrected chi connectivity index (χ4v) is 3.40. The van der Waals surface area contributed by atoms with Crippen LogP contribution in [0.15, 0.2) is 24.4 Å². The van der Waals surface area contributed by atoms with E-state index < -0.39 is 0 Å². The standard InChI is InChI=1S/C17H21N3O3S.ClH/c1-10(2)5-12(7-18)20-16(21)15-8-19-17(24-15)11-3-4-13-14(6-11)23-9-22-13;/h3-4,6,8,10,12H,5,7,9,18H2,1-2H3,(H,20,21);1H. The van der Waals surface area contributed by atoms with Crippen LogP contribution in [0.3, 0.4) is 0 Å². The summed E-state index contributed by atoms with van der Waals surface area (Å²) in [4.78, 5) is 17.3. The Hall–Kier alpha value is -1.83. The summed E-state index contributed by atoms with van der Waals surface area (Å²) in [6.07, 6.45) is 2.46. The summed E-state index contributed by atoms with van der Waals surface area (Å²) in [6, 6.07) is 5.62. The van der Waals surface area contributed by atoms with Crippen LogP contribution in [-0.2, 0) is 0 Å². The van der Waals surface area contributed by atoms with Crippen molar-refractivity contribution in [3.63, 3.8) is 0 Å². The minimum Gasteiger partial charge on any atom is -0.454 e. The van der Waals surface area contributed by atoms with Gasteiger partial charge in [0.25, 0.3) is 5.91 Å². The summed E-state index contributed by atoms with van der Waals surface area (Å²) in [5, 5.41) is 3.75. The van der Waals surface area contributed by atoms with Crippen molar-refractivity contribution in [2.24, 2.45) is 11.7 Å². The highest BCUT2D eigenvalue weighted by Crippen LogP contribution is 2.36. The Kier molecular flexibility index (Phi) is 6.64. The number of nitrogens with zero attached hydrogens (tertiary/aromatic N) is 1. The molecule has 0 aliphatic carbocycles. The zero-order valence-corrected chi connectivity index (χ0v) is 15.8. The molecular weight excluding hydrogens is 362 g/mol. The highest BCUT2D eigenvalue weighted by molar-refractivity contribution is 7.16. The number of thiazole rings is 1. The van der Waals surface area contributed by atoms with E-state index in [1.165, 1.54) is 11.3 Å². The second-order valence-electron chi connectivity index (χ2n) is 6.13. The van der Waals surface area contributed by atoms with Crippen molar-refractivity contribution in [2.45, 2.75) is 26.3 Å². The van der Waals surface area contributed by atoms with Gasteiger partial charge in [0.15, 0.2) is 11.5 Å². The number of halogens is 1. The Morgan fingerprint density at radius 1 is 1.36 bits per heavy atom. The average Bonchev–Trinajstić information content (AvgIpc) is 3.21. The van der Waals surface area contributed by atoms with Crippen LogP contribution in [-0.4, -0.2) is 30.3 Å². The SMILES string of the molecule is CC(C)CC(CN)NC(=O)c1cnc(-c2ccc3c(c2)OCO3)s1.Cl. The predicted molar refractivity (Wildman–Crippen MR) is 101 cm³/mol. The number of carbonyl (C=O) groups is 1. The minimum atomic E-state index is -0.129. The van der Waals surface area contributed by atoms with Crippen LogP contribution in [0.5, 0.6) is 11.5 Å². The molecule has 1 aromatic heterocycles. The van der Waals surface area contributed by atoms with Crippen LogP contribution >= 0.6 is 23.7 Å². The first-order chi connectivity index (χ1) is 11.6. The Labute approximate surface area is 157 Å². The van der Waals surface area contributed by atoms with Crippen molar-refractivity contribution in [1.82, 2.24) is 10.3 Å². The largest absolute Gasteiger partial charge is 0.454 e. The molecule has 2 heterocycles. The van der Waals surface area contributed by atoms with Gasteiger partial charge in [-0.25, -0.2) is 4.98 Å². The Bertz CT molecular complexity index is 736. The topological polar surface area (TPSA) is 86.5 Å². The molecule has 0 bridgehead atoms. The molecule has 1 aliphatic heterocycles. The molecule has 136 valence electrons. The number of rotatable bonds is 6. The summed E-state index contributed by atoms with van der Waals surface area (Å²) in [7, 11) is 0. The second-order valence-corrected chi connectivity index (χ2v) is 7.16. The number of nitrogens with one attached hydrogen (secondary N) is 1.